The Bertz CT molecular complexity index is 882. The smallest absolute Gasteiger partial charge is 0.253 e. The quantitative estimate of drug-likeness (QED) is 0.620. The first-order valence-electron chi connectivity index (χ1n) is 8.85. The summed E-state index contributed by atoms with van der Waals surface area (Å²) in [5.74, 6) is 0.652. The topological polar surface area (TPSA) is 20.3 Å². The largest absolute Gasteiger partial charge is 0.337 e. The van der Waals surface area contributed by atoms with Crippen molar-refractivity contribution in [3.63, 3.8) is 0 Å². The average Bonchev–Trinajstić information content (AvgIpc) is 2.60. The van der Waals surface area contributed by atoms with Gasteiger partial charge < -0.3 is 4.90 Å². The summed E-state index contributed by atoms with van der Waals surface area (Å²) >= 11 is 0. The monoisotopic (exact) mass is 331 g/mol. The molecule has 3 aromatic carbocycles. The number of nitrogens with zero attached hydrogens (tertiary/aromatic N) is 1. The van der Waals surface area contributed by atoms with Crippen LogP contribution < -0.4 is 0 Å². The summed E-state index contributed by atoms with van der Waals surface area (Å²) in [5, 5.41) is 2.43. The van der Waals surface area contributed by atoms with Gasteiger partial charge in [-0.05, 0) is 52.4 Å². The van der Waals surface area contributed by atoms with E-state index >= 15 is 0 Å². The van der Waals surface area contributed by atoms with Gasteiger partial charge in [-0.15, -0.1) is 0 Å². The number of amides is 1. The average molecular weight is 331 g/mol. The zero-order valence-electron chi connectivity index (χ0n) is 15.2. The van der Waals surface area contributed by atoms with Crippen LogP contribution in [0.25, 0.3) is 10.8 Å². The van der Waals surface area contributed by atoms with Gasteiger partial charge in [0.05, 0.1) is 0 Å². The number of carbonyl (C=O) groups is 1. The fourth-order valence-electron chi connectivity index (χ4n) is 3.21. The maximum atomic E-state index is 12.8. The molecule has 2 nitrogen and oxygen atoms in total. The Morgan fingerprint density at radius 1 is 0.880 bits per heavy atom. The molecular formula is C23H25NO. The number of fused-ring (bicyclic) bond motifs is 1. The maximum Gasteiger partial charge on any atom is 0.253 e. The first-order chi connectivity index (χ1) is 12.0. The van der Waals surface area contributed by atoms with E-state index in [4.69, 9.17) is 0 Å². The Hall–Kier alpha value is -2.61. The molecule has 0 unspecified atom stereocenters. The molecule has 0 bridgehead atoms. The summed E-state index contributed by atoms with van der Waals surface area (Å²) in [5.41, 5.74) is 3.13. The highest BCUT2D eigenvalue weighted by molar-refractivity contribution is 5.94. The van der Waals surface area contributed by atoms with Gasteiger partial charge in [-0.25, -0.2) is 0 Å². The first-order valence-corrected chi connectivity index (χ1v) is 8.85. The minimum absolute atomic E-state index is 0.0683. The molecule has 0 atom stereocenters. The first kappa shape index (κ1) is 17.2. The van der Waals surface area contributed by atoms with Crippen molar-refractivity contribution in [1.82, 2.24) is 4.90 Å². The summed E-state index contributed by atoms with van der Waals surface area (Å²) in [6, 6.07) is 22.7. The fourth-order valence-corrected chi connectivity index (χ4v) is 3.21. The van der Waals surface area contributed by atoms with Crippen molar-refractivity contribution in [3.05, 3.63) is 83.4 Å². The highest BCUT2D eigenvalue weighted by Crippen LogP contribution is 2.18. The molecule has 0 aliphatic carbocycles. The van der Waals surface area contributed by atoms with Crippen LogP contribution in [-0.4, -0.2) is 17.9 Å². The van der Waals surface area contributed by atoms with Crippen molar-refractivity contribution >= 4 is 16.7 Å². The minimum Gasteiger partial charge on any atom is -0.337 e. The molecule has 0 aromatic heterocycles. The lowest BCUT2D eigenvalue weighted by molar-refractivity contribution is 0.0785. The number of carbonyl (C=O) groups excluding carboxylic acids is 1. The second-order valence-corrected chi connectivity index (χ2v) is 7.14. The molecule has 0 saturated heterocycles. The van der Waals surface area contributed by atoms with Gasteiger partial charge >= 0.3 is 0 Å². The van der Waals surface area contributed by atoms with Crippen LogP contribution in [0.3, 0.4) is 0 Å². The number of hydrogen-bond acceptors (Lipinski definition) is 1. The molecule has 0 radical (unpaired) electrons. The second kappa shape index (κ2) is 7.52. The van der Waals surface area contributed by atoms with Crippen LogP contribution in [-0.2, 0) is 13.0 Å². The third kappa shape index (κ3) is 4.27. The van der Waals surface area contributed by atoms with Crippen LogP contribution in [0.4, 0.5) is 0 Å². The summed E-state index contributed by atoms with van der Waals surface area (Å²) in [7, 11) is 1.87. The molecule has 25 heavy (non-hydrogen) atoms. The third-order valence-electron chi connectivity index (χ3n) is 4.40. The molecule has 0 saturated carbocycles. The Labute approximate surface area is 150 Å². The van der Waals surface area contributed by atoms with Crippen LogP contribution in [0, 0.1) is 5.92 Å². The molecule has 1 amide bonds. The van der Waals surface area contributed by atoms with E-state index in [-0.39, 0.29) is 5.91 Å². The van der Waals surface area contributed by atoms with Crippen molar-refractivity contribution in [2.45, 2.75) is 26.8 Å². The van der Waals surface area contributed by atoms with Crippen molar-refractivity contribution in [2.24, 2.45) is 5.92 Å². The van der Waals surface area contributed by atoms with Gasteiger partial charge in [0.1, 0.15) is 0 Å². The van der Waals surface area contributed by atoms with E-state index in [1.165, 1.54) is 16.3 Å². The maximum absolute atomic E-state index is 12.8. The van der Waals surface area contributed by atoms with E-state index < -0.39 is 0 Å². The molecule has 3 rings (SSSR count). The van der Waals surface area contributed by atoms with Crippen molar-refractivity contribution in [2.75, 3.05) is 7.05 Å². The van der Waals surface area contributed by atoms with E-state index in [2.05, 4.69) is 50.2 Å². The summed E-state index contributed by atoms with van der Waals surface area (Å²) in [6.07, 6.45) is 0.996. The zero-order valence-corrected chi connectivity index (χ0v) is 15.2. The van der Waals surface area contributed by atoms with Gasteiger partial charge in [-0.2, -0.15) is 0 Å². The molecule has 0 N–H and O–H groups in total. The fraction of sp³-hybridized carbons (Fsp3) is 0.261. The lowest BCUT2D eigenvalue weighted by atomic mass is 10.0. The summed E-state index contributed by atoms with van der Waals surface area (Å²) < 4.78 is 0. The SMILES string of the molecule is CC(C)Cc1cccc(C(=O)N(C)Cc2ccc3ccccc3c2)c1. The summed E-state index contributed by atoms with van der Waals surface area (Å²) in [6.45, 7) is 5.00. The Balaban J connectivity index is 1.75. The lowest BCUT2D eigenvalue weighted by Crippen LogP contribution is -2.26. The molecule has 0 spiro atoms. The normalized spacial score (nSPS) is 11.0. The number of rotatable bonds is 5. The van der Waals surface area contributed by atoms with Crippen molar-refractivity contribution in [1.29, 1.82) is 0 Å². The third-order valence-corrected chi connectivity index (χ3v) is 4.40. The van der Waals surface area contributed by atoms with Gasteiger partial charge in [0.25, 0.3) is 5.91 Å². The molecule has 0 heterocycles. The van der Waals surface area contributed by atoms with E-state index in [1.54, 1.807) is 4.90 Å². The van der Waals surface area contributed by atoms with Gasteiger partial charge in [0.2, 0.25) is 0 Å². The van der Waals surface area contributed by atoms with E-state index in [0.717, 1.165) is 17.5 Å². The minimum atomic E-state index is 0.0683. The molecule has 128 valence electrons. The van der Waals surface area contributed by atoms with Crippen LogP contribution in [0.1, 0.15) is 35.3 Å². The molecule has 0 aliphatic rings. The molecule has 2 heteroatoms. The molecule has 0 fully saturated rings. The number of hydrogen-bond donors (Lipinski definition) is 0. The van der Waals surface area contributed by atoms with Crippen molar-refractivity contribution in [3.8, 4) is 0 Å². The predicted molar refractivity (Wildman–Crippen MR) is 105 cm³/mol. The number of benzene rings is 3. The highest BCUT2D eigenvalue weighted by Gasteiger charge is 2.13. The lowest BCUT2D eigenvalue weighted by Gasteiger charge is -2.18. The van der Waals surface area contributed by atoms with Crippen LogP contribution in [0.5, 0.6) is 0 Å². The Morgan fingerprint density at radius 3 is 2.40 bits per heavy atom. The molecule has 3 aromatic rings. The van der Waals surface area contributed by atoms with E-state index in [9.17, 15) is 4.79 Å². The molecule has 0 aliphatic heterocycles. The van der Waals surface area contributed by atoms with Crippen LogP contribution in [0.2, 0.25) is 0 Å². The van der Waals surface area contributed by atoms with Crippen LogP contribution in [0.15, 0.2) is 66.7 Å². The molecular weight excluding hydrogens is 306 g/mol. The van der Waals surface area contributed by atoms with Crippen LogP contribution >= 0.6 is 0 Å². The predicted octanol–water partition coefficient (Wildman–Crippen LogP) is 5.31. The highest BCUT2D eigenvalue weighted by atomic mass is 16.2. The van der Waals surface area contributed by atoms with Gasteiger partial charge in [-0.3, -0.25) is 4.79 Å². The van der Waals surface area contributed by atoms with E-state index in [1.807, 2.05) is 37.4 Å². The van der Waals surface area contributed by atoms with Gasteiger partial charge in [0, 0.05) is 19.2 Å². The Kier molecular flexibility index (Phi) is 5.18. The van der Waals surface area contributed by atoms with Gasteiger partial charge in [0.15, 0.2) is 0 Å². The van der Waals surface area contributed by atoms with Gasteiger partial charge in [-0.1, -0.05) is 62.4 Å². The van der Waals surface area contributed by atoms with Crippen molar-refractivity contribution < 1.29 is 4.79 Å². The Morgan fingerprint density at radius 2 is 1.64 bits per heavy atom. The standard InChI is InChI=1S/C23H25NO/c1-17(2)13-18-7-6-10-22(14-18)23(25)24(3)16-19-11-12-20-8-4-5-9-21(20)15-19/h4-12,14-15,17H,13,16H2,1-3H3. The zero-order chi connectivity index (χ0) is 17.8. The second-order valence-electron chi connectivity index (χ2n) is 7.14. The van der Waals surface area contributed by atoms with E-state index in [0.29, 0.717) is 12.5 Å². The summed E-state index contributed by atoms with van der Waals surface area (Å²) in [4.78, 5) is 14.6.